The van der Waals surface area contributed by atoms with E-state index in [-0.39, 0.29) is 0 Å². The van der Waals surface area contributed by atoms with Crippen LogP contribution in [0.4, 0.5) is 0 Å². The first-order chi connectivity index (χ1) is 31.2. The van der Waals surface area contributed by atoms with Gasteiger partial charge in [0.1, 0.15) is 11.2 Å². The lowest BCUT2D eigenvalue weighted by Gasteiger charge is -2.12. The highest BCUT2D eigenvalue weighted by molar-refractivity contribution is 6.31. The summed E-state index contributed by atoms with van der Waals surface area (Å²) in [6.45, 7) is 0. The molecule has 0 unspecified atom stereocenters. The van der Waals surface area contributed by atoms with Crippen molar-refractivity contribution in [1.29, 1.82) is 5.26 Å². The molecule has 0 aliphatic carbocycles. The van der Waals surface area contributed by atoms with E-state index in [2.05, 4.69) is 121 Å². The fourth-order valence-electron chi connectivity index (χ4n) is 9.08. The normalized spacial score (nSPS) is 11.5. The molecule has 63 heavy (non-hydrogen) atoms. The van der Waals surface area contributed by atoms with Gasteiger partial charge in [0.2, 0.25) is 0 Å². The molecular formula is C58H34N4O. The number of hydrogen-bond donors (Lipinski definition) is 0. The highest BCUT2D eigenvalue weighted by atomic mass is 16.3. The van der Waals surface area contributed by atoms with Crippen LogP contribution in [0.1, 0.15) is 5.56 Å². The van der Waals surface area contributed by atoms with E-state index in [0.717, 1.165) is 98.9 Å². The van der Waals surface area contributed by atoms with Crippen LogP contribution in [0.25, 0.3) is 122 Å². The molecule has 0 radical (unpaired) electrons. The van der Waals surface area contributed by atoms with Crippen molar-refractivity contribution in [2.75, 3.05) is 0 Å². The van der Waals surface area contributed by atoms with Crippen LogP contribution in [0, 0.1) is 11.3 Å². The Hall–Kier alpha value is -8.72. The fourth-order valence-corrected chi connectivity index (χ4v) is 9.08. The van der Waals surface area contributed by atoms with Crippen molar-refractivity contribution in [3.8, 4) is 73.6 Å². The minimum Gasteiger partial charge on any atom is -0.455 e. The summed E-state index contributed by atoms with van der Waals surface area (Å²) in [4.78, 5) is 14.9. The van der Waals surface area contributed by atoms with Gasteiger partial charge >= 0.3 is 0 Å². The molecule has 0 atom stereocenters. The minimum absolute atomic E-state index is 0.615. The molecule has 0 bridgehead atoms. The van der Waals surface area contributed by atoms with Crippen molar-refractivity contribution < 1.29 is 4.42 Å². The van der Waals surface area contributed by atoms with Gasteiger partial charge in [-0.05, 0) is 85.3 Å². The second-order valence-electron chi connectivity index (χ2n) is 15.8. The van der Waals surface area contributed by atoms with Crippen LogP contribution in [-0.2, 0) is 0 Å². The van der Waals surface area contributed by atoms with Crippen LogP contribution in [0.15, 0.2) is 211 Å². The molecule has 0 saturated carbocycles. The predicted octanol–water partition coefficient (Wildman–Crippen LogP) is 15.1. The molecule has 0 aliphatic rings. The maximum absolute atomic E-state index is 9.72. The number of rotatable bonds is 6. The van der Waals surface area contributed by atoms with E-state index in [1.807, 2.05) is 91.0 Å². The Bertz CT molecular complexity index is 3740. The summed E-state index contributed by atoms with van der Waals surface area (Å²) in [7, 11) is 0. The molecule has 12 rings (SSSR count). The van der Waals surface area contributed by atoms with Gasteiger partial charge in [-0.25, -0.2) is 15.0 Å². The van der Waals surface area contributed by atoms with Crippen LogP contribution in [0.2, 0.25) is 0 Å². The highest BCUT2D eigenvalue weighted by Crippen LogP contribution is 2.44. The van der Waals surface area contributed by atoms with Crippen molar-refractivity contribution >= 4 is 54.3 Å². The van der Waals surface area contributed by atoms with E-state index in [1.165, 1.54) is 5.39 Å². The Balaban J connectivity index is 0.969. The van der Waals surface area contributed by atoms with Gasteiger partial charge in [-0.1, -0.05) is 176 Å². The van der Waals surface area contributed by atoms with Crippen LogP contribution in [0.5, 0.6) is 0 Å². The average Bonchev–Trinajstić information content (AvgIpc) is 3.77. The van der Waals surface area contributed by atoms with Gasteiger partial charge in [-0.2, -0.15) is 5.26 Å². The van der Waals surface area contributed by atoms with Crippen LogP contribution in [-0.4, -0.2) is 15.0 Å². The highest BCUT2D eigenvalue weighted by Gasteiger charge is 2.19. The monoisotopic (exact) mass is 802 g/mol. The zero-order chi connectivity index (χ0) is 41.9. The zero-order valence-corrected chi connectivity index (χ0v) is 33.8. The molecule has 12 aromatic rings. The molecule has 2 heterocycles. The Kier molecular flexibility index (Phi) is 8.48. The smallest absolute Gasteiger partial charge is 0.164 e. The van der Waals surface area contributed by atoms with Gasteiger partial charge < -0.3 is 4.42 Å². The van der Waals surface area contributed by atoms with Crippen molar-refractivity contribution in [2.24, 2.45) is 0 Å². The molecule has 0 spiro atoms. The average molecular weight is 803 g/mol. The summed E-state index contributed by atoms with van der Waals surface area (Å²) in [5.41, 5.74) is 11.8. The molecule has 0 amide bonds. The molecule has 292 valence electrons. The van der Waals surface area contributed by atoms with Crippen LogP contribution in [0.3, 0.4) is 0 Å². The number of fused-ring (bicyclic) bond motifs is 9. The maximum Gasteiger partial charge on any atom is 0.164 e. The van der Waals surface area contributed by atoms with Gasteiger partial charge in [-0.3, -0.25) is 0 Å². The second kappa shape index (κ2) is 14.8. The lowest BCUT2D eigenvalue weighted by atomic mass is 9.91. The molecule has 0 N–H and O–H groups in total. The quantitative estimate of drug-likeness (QED) is 0.157. The Labute approximate surface area is 362 Å². The first-order valence-electron chi connectivity index (χ1n) is 21.0. The molecule has 0 fully saturated rings. The van der Waals surface area contributed by atoms with E-state index in [9.17, 15) is 5.26 Å². The van der Waals surface area contributed by atoms with Gasteiger partial charge in [-0.15, -0.1) is 0 Å². The number of hydrogen-bond acceptors (Lipinski definition) is 5. The zero-order valence-electron chi connectivity index (χ0n) is 33.8. The summed E-state index contributed by atoms with van der Waals surface area (Å²) in [5.74, 6) is 1.88. The van der Waals surface area contributed by atoms with E-state index in [0.29, 0.717) is 23.0 Å². The largest absolute Gasteiger partial charge is 0.455 e. The van der Waals surface area contributed by atoms with E-state index < -0.39 is 0 Å². The van der Waals surface area contributed by atoms with Crippen LogP contribution >= 0.6 is 0 Å². The summed E-state index contributed by atoms with van der Waals surface area (Å²) in [6, 6.07) is 73.5. The number of nitrogens with zero attached hydrogens (tertiary/aromatic N) is 4. The number of furan rings is 1. The van der Waals surface area contributed by atoms with Gasteiger partial charge in [0.05, 0.1) is 11.6 Å². The Morgan fingerprint density at radius 3 is 1.54 bits per heavy atom. The SMILES string of the molecule is N#Cc1ccc(-c2ccc(-c3ccc4c5ccc(-c6cccc(-c7nc(-c8ccccc8)nc(-c8ccccc8)n7)c6)cc5c5oc6ccccc6c5c4c3)cc2)c2ccccc12. The first kappa shape index (κ1) is 36.2. The van der Waals surface area contributed by atoms with Crippen molar-refractivity contribution in [2.45, 2.75) is 0 Å². The van der Waals surface area contributed by atoms with Gasteiger partial charge in [0.25, 0.3) is 0 Å². The second-order valence-corrected chi connectivity index (χ2v) is 15.8. The number of nitriles is 1. The van der Waals surface area contributed by atoms with E-state index >= 15 is 0 Å². The maximum atomic E-state index is 9.72. The molecule has 0 aliphatic heterocycles. The van der Waals surface area contributed by atoms with Crippen LogP contribution < -0.4 is 0 Å². The number of para-hydroxylation sites is 1. The topological polar surface area (TPSA) is 75.6 Å². The first-order valence-corrected chi connectivity index (χ1v) is 21.0. The fraction of sp³-hybridized carbons (Fsp3) is 0. The standard InChI is InChI=1S/C58H34N4O/c59-35-44-28-29-46(47-19-8-7-18-45(44)47)37-24-22-36(23-25-37)41-26-30-48-49-31-27-42(34-52(49)55-54(51(48)33-41)50-20-9-10-21-53(50)63-55)40-16-11-17-43(32-40)58-61-56(38-12-3-1-4-13-38)60-57(62-58)39-14-5-2-6-15-39/h1-34H. The molecular weight excluding hydrogens is 769 g/mol. The van der Waals surface area contributed by atoms with Crippen molar-refractivity contribution in [3.05, 3.63) is 212 Å². The summed E-state index contributed by atoms with van der Waals surface area (Å²) >= 11 is 0. The van der Waals surface area contributed by atoms with E-state index in [4.69, 9.17) is 19.4 Å². The summed E-state index contributed by atoms with van der Waals surface area (Å²) < 4.78 is 6.78. The molecule has 5 heteroatoms. The summed E-state index contributed by atoms with van der Waals surface area (Å²) in [6.07, 6.45) is 0. The van der Waals surface area contributed by atoms with Crippen molar-refractivity contribution in [3.63, 3.8) is 0 Å². The van der Waals surface area contributed by atoms with Gasteiger partial charge in [0.15, 0.2) is 17.5 Å². The predicted molar refractivity (Wildman–Crippen MR) is 257 cm³/mol. The third kappa shape index (κ3) is 6.20. The lowest BCUT2D eigenvalue weighted by Crippen LogP contribution is -2.00. The third-order valence-electron chi connectivity index (χ3n) is 12.2. The molecule has 0 saturated heterocycles. The summed E-state index contributed by atoms with van der Waals surface area (Å²) in [5, 5.41) is 18.5. The molecule has 5 nitrogen and oxygen atoms in total. The third-order valence-corrected chi connectivity index (χ3v) is 12.2. The lowest BCUT2D eigenvalue weighted by molar-refractivity contribution is 0.673. The molecule has 2 aromatic heterocycles. The Morgan fingerprint density at radius 1 is 0.333 bits per heavy atom. The van der Waals surface area contributed by atoms with Crippen molar-refractivity contribution in [1.82, 2.24) is 15.0 Å². The number of aromatic nitrogens is 3. The van der Waals surface area contributed by atoms with Gasteiger partial charge in [0, 0.05) is 38.2 Å². The number of benzene rings is 10. The minimum atomic E-state index is 0.615. The Morgan fingerprint density at radius 2 is 0.841 bits per heavy atom. The van der Waals surface area contributed by atoms with E-state index in [1.54, 1.807) is 0 Å². The molecule has 10 aromatic carbocycles.